The van der Waals surface area contributed by atoms with Crippen LogP contribution in [0.15, 0.2) is 48.7 Å². The Hall–Kier alpha value is -3.65. The van der Waals surface area contributed by atoms with Gasteiger partial charge in [-0.15, -0.1) is 0 Å². The number of carbonyl (C=O) groups is 1. The molecule has 0 saturated heterocycles. The first-order valence-corrected chi connectivity index (χ1v) is 13.0. The van der Waals surface area contributed by atoms with Gasteiger partial charge < -0.3 is 25.2 Å². The van der Waals surface area contributed by atoms with E-state index in [1.54, 1.807) is 13.3 Å². The fraction of sp³-hybridized carbons (Fsp3) is 0.433. The number of amides is 1. The lowest BCUT2D eigenvalue weighted by molar-refractivity contribution is 0.0526. The van der Waals surface area contributed by atoms with Crippen molar-refractivity contribution >= 4 is 17.7 Å². The van der Waals surface area contributed by atoms with Crippen molar-refractivity contribution in [3.63, 3.8) is 0 Å². The lowest BCUT2D eigenvalue weighted by atomic mass is 9.94. The number of rotatable bonds is 11. The smallest absolute Gasteiger partial charge is 0.407 e. The molecule has 8 heteroatoms. The van der Waals surface area contributed by atoms with Crippen LogP contribution in [0.3, 0.4) is 0 Å². The van der Waals surface area contributed by atoms with Crippen molar-refractivity contribution in [3.05, 3.63) is 65.4 Å². The summed E-state index contributed by atoms with van der Waals surface area (Å²) in [6.07, 6.45) is 4.01. The van der Waals surface area contributed by atoms with E-state index in [1.165, 1.54) is 0 Å². The third-order valence-corrected chi connectivity index (χ3v) is 5.92. The molecule has 3 N–H and O–H groups in total. The number of aromatic nitrogens is 2. The van der Waals surface area contributed by atoms with Gasteiger partial charge in [-0.3, -0.25) is 0 Å². The number of methoxy groups -OCH3 is 1. The van der Waals surface area contributed by atoms with Crippen LogP contribution in [0.1, 0.15) is 57.2 Å². The molecule has 1 aromatic heterocycles. The summed E-state index contributed by atoms with van der Waals surface area (Å²) in [5.41, 5.74) is 5.10. The van der Waals surface area contributed by atoms with Gasteiger partial charge in [-0.05, 0) is 106 Å². The third-order valence-electron chi connectivity index (χ3n) is 5.92. The number of benzene rings is 2. The van der Waals surface area contributed by atoms with Crippen LogP contribution in [-0.4, -0.2) is 40.4 Å². The van der Waals surface area contributed by atoms with E-state index in [1.807, 2.05) is 64.1 Å². The number of hydrogen-bond donors (Lipinski definition) is 3. The van der Waals surface area contributed by atoms with Crippen LogP contribution < -0.4 is 15.4 Å². The van der Waals surface area contributed by atoms with E-state index >= 15 is 0 Å². The van der Waals surface area contributed by atoms with Crippen molar-refractivity contribution in [1.82, 2.24) is 15.3 Å². The molecule has 204 valence electrons. The van der Waals surface area contributed by atoms with Crippen LogP contribution in [-0.2, 0) is 17.8 Å². The van der Waals surface area contributed by atoms with Gasteiger partial charge in [0.05, 0.1) is 19.4 Å². The molecule has 0 aliphatic carbocycles. The Labute approximate surface area is 225 Å². The number of anilines is 2. The minimum absolute atomic E-state index is 0.0233. The largest absolute Gasteiger partial charge is 0.496 e. The first kappa shape index (κ1) is 28.9. The van der Waals surface area contributed by atoms with Crippen molar-refractivity contribution in [1.29, 1.82) is 0 Å². The first-order valence-electron chi connectivity index (χ1n) is 13.0. The average molecular weight is 521 g/mol. The third kappa shape index (κ3) is 9.03. The quantitative estimate of drug-likeness (QED) is 0.259. The predicted molar refractivity (Wildman–Crippen MR) is 151 cm³/mol. The number of nitrogens with zero attached hydrogens (tertiary/aromatic N) is 2. The summed E-state index contributed by atoms with van der Waals surface area (Å²) in [4.78, 5) is 20.9. The molecule has 8 nitrogen and oxygen atoms in total. The van der Waals surface area contributed by atoms with Gasteiger partial charge in [0.2, 0.25) is 5.95 Å². The predicted octanol–water partition coefficient (Wildman–Crippen LogP) is 6.18. The molecule has 2 aromatic carbocycles. The molecule has 1 amide bonds. The standard InChI is InChI=1S/C30H40N4O4/c1-20(8-7-12-32-29(36)38-30(3,4)5)15-24-18-23(9-10-27(24)37-6)26-11-13-31-28(34-26)33-25-16-21(2)14-22(17-25)19-35/h9-11,13-14,16-18,20,35H,7-8,12,15,19H2,1-6H3,(H,32,36)(H,31,33,34). The van der Waals surface area contributed by atoms with Crippen molar-refractivity contribution in [2.24, 2.45) is 5.92 Å². The summed E-state index contributed by atoms with van der Waals surface area (Å²) in [6.45, 7) is 10.3. The topological polar surface area (TPSA) is 106 Å². The molecule has 0 radical (unpaired) electrons. The molecular weight excluding hydrogens is 480 g/mol. The number of aliphatic hydroxyl groups excluding tert-OH is 1. The van der Waals surface area contributed by atoms with E-state index in [-0.39, 0.29) is 12.7 Å². The van der Waals surface area contributed by atoms with Crippen molar-refractivity contribution < 1.29 is 19.4 Å². The van der Waals surface area contributed by atoms with Crippen molar-refractivity contribution in [2.75, 3.05) is 19.0 Å². The minimum atomic E-state index is -0.497. The van der Waals surface area contributed by atoms with E-state index < -0.39 is 5.60 Å². The van der Waals surface area contributed by atoms with Crippen LogP contribution in [0.2, 0.25) is 0 Å². The fourth-order valence-electron chi connectivity index (χ4n) is 4.26. The average Bonchev–Trinajstić information content (AvgIpc) is 2.85. The highest BCUT2D eigenvalue weighted by atomic mass is 16.6. The zero-order valence-electron chi connectivity index (χ0n) is 23.3. The van der Waals surface area contributed by atoms with Gasteiger partial charge in [-0.2, -0.15) is 0 Å². The van der Waals surface area contributed by atoms with E-state index in [9.17, 15) is 9.90 Å². The van der Waals surface area contributed by atoms with Crippen LogP contribution in [0.5, 0.6) is 5.75 Å². The lowest BCUT2D eigenvalue weighted by Gasteiger charge is -2.20. The normalized spacial score (nSPS) is 12.1. The number of carbonyl (C=O) groups excluding carboxylic acids is 1. The maximum Gasteiger partial charge on any atom is 0.407 e. The Balaban J connectivity index is 1.65. The minimum Gasteiger partial charge on any atom is -0.496 e. The van der Waals surface area contributed by atoms with Crippen molar-refractivity contribution in [3.8, 4) is 17.0 Å². The van der Waals surface area contributed by atoms with Crippen LogP contribution in [0, 0.1) is 12.8 Å². The van der Waals surface area contributed by atoms with Crippen LogP contribution in [0.4, 0.5) is 16.4 Å². The number of hydrogen-bond acceptors (Lipinski definition) is 7. The second kappa shape index (κ2) is 13.2. The summed E-state index contributed by atoms with van der Waals surface area (Å²) < 4.78 is 10.9. The number of aliphatic hydroxyl groups is 1. The molecule has 1 unspecified atom stereocenters. The van der Waals surface area contributed by atoms with Crippen molar-refractivity contribution in [2.45, 2.75) is 66.1 Å². The number of ether oxygens (including phenoxy) is 2. The molecule has 0 saturated carbocycles. The van der Waals surface area contributed by atoms with E-state index in [0.29, 0.717) is 18.4 Å². The van der Waals surface area contributed by atoms with Gasteiger partial charge in [0.15, 0.2) is 0 Å². The molecule has 0 fully saturated rings. The second-order valence-corrected chi connectivity index (χ2v) is 10.7. The molecule has 0 spiro atoms. The van der Waals surface area contributed by atoms with Gasteiger partial charge in [0, 0.05) is 24.0 Å². The highest BCUT2D eigenvalue weighted by Gasteiger charge is 2.16. The summed E-state index contributed by atoms with van der Waals surface area (Å²) in [5, 5.41) is 15.6. The monoisotopic (exact) mass is 520 g/mol. The Morgan fingerprint density at radius 3 is 2.63 bits per heavy atom. The molecule has 0 bridgehead atoms. The Morgan fingerprint density at radius 1 is 1.13 bits per heavy atom. The maximum atomic E-state index is 11.8. The summed E-state index contributed by atoms with van der Waals surface area (Å²) in [5.74, 6) is 1.72. The Kier molecular flexibility index (Phi) is 10.1. The zero-order valence-corrected chi connectivity index (χ0v) is 23.3. The lowest BCUT2D eigenvalue weighted by Crippen LogP contribution is -2.33. The molecule has 0 aliphatic rings. The van der Waals surface area contributed by atoms with Gasteiger partial charge in [-0.1, -0.05) is 13.0 Å². The van der Waals surface area contributed by atoms with Gasteiger partial charge in [0.1, 0.15) is 11.4 Å². The van der Waals surface area contributed by atoms with Gasteiger partial charge in [0.25, 0.3) is 0 Å². The van der Waals surface area contributed by atoms with Crippen LogP contribution in [0.25, 0.3) is 11.3 Å². The summed E-state index contributed by atoms with van der Waals surface area (Å²) in [6, 6.07) is 13.8. The Bertz CT molecular complexity index is 1220. The summed E-state index contributed by atoms with van der Waals surface area (Å²) >= 11 is 0. The van der Waals surface area contributed by atoms with E-state index in [4.69, 9.17) is 14.5 Å². The molecule has 0 aliphatic heterocycles. The zero-order chi connectivity index (χ0) is 27.7. The maximum absolute atomic E-state index is 11.8. The van der Waals surface area contributed by atoms with E-state index in [0.717, 1.165) is 58.6 Å². The van der Waals surface area contributed by atoms with E-state index in [2.05, 4.69) is 28.6 Å². The first-order chi connectivity index (χ1) is 18.1. The fourth-order valence-corrected chi connectivity index (χ4v) is 4.26. The number of alkyl carbamates (subject to hydrolysis) is 1. The van der Waals surface area contributed by atoms with Crippen LogP contribution >= 0.6 is 0 Å². The SMILES string of the molecule is COc1ccc(-c2ccnc(Nc3cc(C)cc(CO)c3)n2)cc1CC(C)CCCNC(=O)OC(C)(C)C. The van der Waals surface area contributed by atoms with Gasteiger partial charge in [-0.25, -0.2) is 14.8 Å². The highest BCUT2D eigenvalue weighted by molar-refractivity contribution is 5.67. The Morgan fingerprint density at radius 2 is 1.92 bits per heavy atom. The van der Waals surface area contributed by atoms with Gasteiger partial charge >= 0.3 is 6.09 Å². The molecule has 38 heavy (non-hydrogen) atoms. The molecule has 3 aromatic rings. The molecule has 3 rings (SSSR count). The number of aryl methyl sites for hydroxylation is 1. The second-order valence-electron chi connectivity index (χ2n) is 10.7. The summed E-state index contributed by atoms with van der Waals surface area (Å²) in [7, 11) is 1.68. The highest BCUT2D eigenvalue weighted by Crippen LogP contribution is 2.29. The molecule has 1 heterocycles. The number of nitrogens with one attached hydrogen (secondary N) is 2. The molecule has 1 atom stereocenters. The molecular formula is C30H40N4O4.